The number of halogens is 1. The Morgan fingerprint density at radius 3 is 2.74 bits per heavy atom. The zero-order chi connectivity index (χ0) is 21.5. The summed E-state index contributed by atoms with van der Waals surface area (Å²) in [5.41, 5.74) is 3.69. The number of nitrogens with one attached hydrogen (secondary N) is 2. The maximum absolute atomic E-state index is 6.17. The quantitative estimate of drug-likeness (QED) is 0.530. The number of rotatable bonds is 6. The second kappa shape index (κ2) is 10.7. The zero-order valence-electron chi connectivity index (χ0n) is 18.2. The molecule has 1 unspecified atom stereocenters. The van der Waals surface area contributed by atoms with Gasteiger partial charge in [-0.05, 0) is 43.2 Å². The average molecular weight is 442 g/mol. The lowest BCUT2D eigenvalue weighted by molar-refractivity contribution is 0.122. The van der Waals surface area contributed by atoms with Crippen LogP contribution in [-0.2, 0) is 11.3 Å². The van der Waals surface area contributed by atoms with E-state index in [9.17, 15) is 0 Å². The third-order valence-electron chi connectivity index (χ3n) is 5.80. The first kappa shape index (κ1) is 21.8. The monoisotopic (exact) mass is 441 g/mol. The summed E-state index contributed by atoms with van der Waals surface area (Å²) in [4.78, 5) is 9.68. The van der Waals surface area contributed by atoms with Gasteiger partial charge in [0.25, 0.3) is 0 Å². The molecule has 0 amide bonds. The van der Waals surface area contributed by atoms with E-state index in [1.807, 2.05) is 18.2 Å². The minimum absolute atomic E-state index is 0.353. The molecule has 2 saturated heterocycles. The van der Waals surface area contributed by atoms with Gasteiger partial charge in [0.15, 0.2) is 5.96 Å². The molecule has 2 aliphatic rings. The van der Waals surface area contributed by atoms with Crippen LogP contribution in [0.2, 0.25) is 5.02 Å². The van der Waals surface area contributed by atoms with Crippen LogP contribution < -0.4 is 20.4 Å². The molecule has 31 heavy (non-hydrogen) atoms. The maximum atomic E-state index is 6.17. The van der Waals surface area contributed by atoms with E-state index in [1.165, 1.54) is 16.9 Å². The number of para-hydroxylation sites is 1. The van der Waals surface area contributed by atoms with E-state index in [0.29, 0.717) is 12.6 Å². The summed E-state index contributed by atoms with van der Waals surface area (Å²) in [6.07, 6.45) is 1.07. The topological polar surface area (TPSA) is 52.1 Å². The van der Waals surface area contributed by atoms with Crippen molar-refractivity contribution >= 4 is 28.9 Å². The smallest absolute Gasteiger partial charge is 0.191 e. The van der Waals surface area contributed by atoms with Crippen LogP contribution in [-0.4, -0.2) is 57.9 Å². The number of hydrogen-bond donors (Lipinski definition) is 2. The highest BCUT2D eigenvalue weighted by molar-refractivity contribution is 6.30. The van der Waals surface area contributed by atoms with Crippen LogP contribution in [0, 0.1) is 0 Å². The zero-order valence-corrected chi connectivity index (χ0v) is 18.9. The Morgan fingerprint density at radius 2 is 1.94 bits per heavy atom. The SMILES string of the molecule is CCNC(=NCc1ccccc1N1CCOCC1)NC1CCN(c2cccc(Cl)c2)C1. The number of guanidine groups is 1. The van der Waals surface area contributed by atoms with Crippen molar-refractivity contribution in [3.63, 3.8) is 0 Å². The van der Waals surface area contributed by atoms with Crippen molar-refractivity contribution in [3.05, 3.63) is 59.1 Å². The van der Waals surface area contributed by atoms with Gasteiger partial charge in [-0.1, -0.05) is 35.9 Å². The third-order valence-corrected chi connectivity index (χ3v) is 6.03. The van der Waals surface area contributed by atoms with E-state index in [2.05, 4.69) is 57.7 Å². The van der Waals surface area contributed by atoms with Crippen LogP contribution in [0.25, 0.3) is 0 Å². The van der Waals surface area contributed by atoms with Crippen LogP contribution in [0.15, 0.2) is 53.5 Å². The Kier molecular flexibility index (Phi) is 7.54. The number of benzene rings is 2. The molecule has 0 aliphatic carbocycles. The number of hydrogen-bond acceptors (Lipinski definition) is 4. The highest BCUT2D eigenvalue weighted by atomic mass is 35.5. The number of ether oxygens (including phenoxy) is 1. The standard InChI is InChI=1S/C24H32ClN5O/c1-2-26-24(28-21-10-11-30(18-21)22-8-5-7-20(25)16-22)27-17-19-6-3-4-9-23(19)29-12-14-31-15-13-29/h3-9,16,21H,2,10-15,17-18H2,1H3,(H2,26,27,28). The molecule has 0 aromatic heterocycles. The highest BCUT2D eigenvalue weighted by Crippen LogP contribution is 2.24. The molecule has 166 valence electrons. The molecule has 2 aromatic rings. The summed E-state index contributed by atoms with van der Waals surface area (Å²) >= 11 is 6.17. The van der Waals surface area contributed by atoms with Gasteiger partial charge in [0.2, 0.25) is 0 Å². The fourth-order valence-corrected chi connectivity index (χ4v) is 4.40. The molecule has 0 radical (unpaired) electrons. The number of anilines is 2. The fourth-order valence-electron chi connectivity index (χ4n) is 4.22. The molecule has 7 heteroatoms. The van der Waals surface area contributed by atoms with Gasteiger partial charge in [0.1, 0.15) is 0 Å². The summed E-state index contributed by atoms with van der Waals surface area (Å²) in [6.45, 7) is 8.97. The highest BCUT2D eigenvalue weighted by Gasteiger charge is 2.23. The average Bonchev–Trinajstić information content (AvgIpc) is 3.27. The Labute approximate surface area is 190 Å². The molecule has 2 aliphatic heterocycles. The van der Waals surface area contributed by atoms with Crippen molar-refractivity contribution in [2.45, 2.75) is 25.9 Å². The molecule has 2 aromatic carbocycles. The molecular weight excluding hydrogens is 410 g/mol. The van der Waals surface area contributed by atoms with Crippen molar-refractivity contribution in [1.82, 2.24) is 10.6 Å². The van der Waals surface area contributed by atoms with E-state index in [0.717, 1.165) is 63.3 Å². The van der Waals surface area contributed by atoms with Crippen molar-refractivity contribution in [2.24, 2.45) is 4.99 Å². The molecule has 0 bridgehead atoms. The first-order chi connectivity index (χ1) is 15.2. The van der Waals surface area contributed by atoms with Crippen LogP contribution in [0.1, 0.15) is 18.9 Å². The lowest BCUT2D eigenvalue weighted by Crippen LogP contribution is -2.44. The van der Waals surface area contributed by atoms with Gasteiger partial charge in [0.05, 0.1) is 19.8 Å². The van der Waals surface area contributed by atoms with Crippen molar-refractivity contribution in [2.75, 3.05) is 55.7 Å². The summed E-state index contributed by atoms with van der Waals surface area (Å²) < 4.78 is 5.51. The lowest BCUT2D eigenvalue weighted by atomic mass is 10.1. The Bertz CT molecular complexity index is 884. The van der Waals surface area contributed by atoms with E-state index in [4.69, 9.17) is 21.3 Å². The summed E-state index contributed by atoms with van der Waals surface area (Å²) in [7, 11) is 0. The Balaban J connectivity index is 1.40. The third kappa shape index (κ3) is 5.83. The summed E-state index contributed by atoms with van der Waals surface area (Å²) in [5.74, 6) is 0.872. The van der Waals surface area contributed by atoms with Crippen LogP contribution in [0.3, 0.4) is 0 Å². The van der Waals surface area contributed by atoms with Crippen molar-refractivity contribution < 1.29 is 4.74 Å². The molecular formula is C24H32ClN5O. The molecule has 1 atom stereocenters. The number of nitrogens with zero attached hydrogens (tertiary/aromatic N) is 3. The predicted octanol–water partition coefficient (Wildman–Crippen LogP) is 3.51. The second-order valence-electron chi connectivity index (χ2n) is 7.98. The lowest BCUT2D eigenvalue weighted by Gasteiger charge is -2.30. The maximum Gasteiger partial charge on any atom is 0.191 e. The minimum Gasteiger partial charge on any atom is -0.378 e. The number of morpholine rings is 1. The molecule has 2 heterocycles. The van der Waals surface area contributed by atoms with Crippen molar-refractivity contribution in [1.29, 1.82) is 0 Å². The Morgan fingerprint density at radius 1 is 1.10 bits per heavy atom. The Hall–Kier alpha value is -2.44. The molecule has 0 saturated carbocycles. The van der Waals surface area contributed by atoms with E-state index < -0.39 is 0 Å². The van der Waals surface area contributed by atoms with Gasteiger partial charge < -0.3 is 25.2 Å². The summed E-state index contributed by atoms with van der Waals surface area (Å²) in [5, 5.41) is 7.82. The van der Waals surface area contributed by atoms with Crippen LogP contribution >= 0.6 is 11.6 Å². The molecule has 6 nitrogen and oxygen atoms in total. The molecule has 0 spiro atoms. The van der Waals surface area contributed by atoms with Gasteiger partial charge in [0, 0.05) is 55.2 Å². The van der Waals surface area contributed by atoms with E-state index >= 15 is 0 Å². The van der Waals surface area contributed by atoms with E-state index in [-0.39, 0.29) is 0 Å². The van der Waals surface area contributed by atoms with Crippen LogP contribution in [0.4, 0.5) is 11.4 Å². The number of aliphatic imine (C=N–C) groups is 1. The molecule has 2 N–H and O–H groups in total. The van der Waals surface area contributed by atoms with Crippen LogP contribution in [0.5, 0.6) is 0 Å². The van der Waals surface area contributed by atoms with Gasteiger partial charge in [-0.25, -0.2) is 4.99 Å². The molecule has 2 fully saturated rings. The van der Waals surface area contributed by atoms with Crippen molar-refractivity contribution in [3.8, 4) is 0 Å². The van der Waals surface area contributed by atoms with E-state index in [1.54, 1.807) is 0 Å². The van der Waals surface area contributed by atoms with Gasteiger partial charge in [-0.15, -0.1) is 0 Å². The first-order valence-corrected chi connectivity index (χ1v) is 11.6. The summed E-state index contributed by atoms with van der Waals surface area (Å²) in [6, 6.07) is 17.0. The van der Waals surface area contributed by atoms with Gasteiger partial charge in [-0.2, -0.15) is 0 Å². The predicted molar refractivity (Wildman–Crippen MR) is 129 cm³/mol. The normalized spacial score (nSPS) is 19.5. The molecule has 4 rings (SSSR count). The largest absolute Gasteiger partial charge is 0.378 e. The van der Waals surface area contributed by atoms with Gasteiger partial charge in [-0.3, -0.25) is 0 Å². The van der Waals surface area contributed by atoms with Gasteiger partial charge >= 0.3 is 0 Å². The first-order valence-electron chi connectivity index (χ1n) is 11.2. The second-order valence-corrected chi connectivity index (χ2v) is 8.42. The fraction of sp³-hybridized carbons (Fsp3) is 0.458. The minimum atomic E-state index is 0.353.